The van der Waals surface area contributed by atoms with Crippen LogP contribution in [0.3, 0.4) is 0 Å². The molecule has 0 bridgehead atoms. The number of aromatic nitrogens is 2. The molecule has 7 nitrogen and oxygen atoms in total. The average Bonchev–Trinajstić information content (AvgIpc) is 2.82. The fourth-order valence-corrected chi connectivity index (χ4v) is 3.59. The number of ether oxygens (including phenoxy) is 1. The third-order valence-corrected chi connectivity index (χ3v) is 4.73. The van der Waals surface area contributed by atoms with E-state index in [2.05, 4.69) is 15.3 Å². The topological polar surface area (TPSA) is 101 Å². The van der Waals surface area contributed by atoms with Crippen molar-refractivity contribution in [2.75, 3.05) is 6.61 Å². The van der Waals surface area contributed by atoms with Crippen LogP contribution in [-0.2, 0) is 9.53 Å². The van der Waals surface area contributed by atoms with Gasteiger partial charge in [-0.25, -0.2) is 9.78 Å². The largest absolute Gasteiger partial charge is 0.451 e. The number of hydrogen-bond acceptors (Lipinski definition) is 6. The predicted molar refractivity (Wildman–Crippen MR) is 92.5 cm³/mol. The van der Waals surface area contributed by atoms with Crippen LogP contribution in [0, 0.1) is 13.8 Å². The van der Waals surface area contributed by atoms with Crippen LogP contribution in [-0.4, -0.2) is 34.5 Å². The Bertz CT molecular complexity index is 825. The molecule has 1 atom stereocenters. The number of thiophene rings is 1. The summed E-state index contributed by atoms with van der Waals surface area (Å²) in [7, 11) is 0. The highest BCUT2D eigenvalue weighted by Gasteiger charge is 2.21. The molecule has 0 saturated heterocycles. The first kappa shape index (κ1) is 18.1. The van der Waals surface area contributed by atoms with Crippen LogP contribution in [0.5, 0.6) is 0 Å². The molecule has 2 aromatic heterocycles. The van der Waals surface area contributed by atoms with E-state index >= 15 is 0 Å². The molecule has 1 amide bonds. The van der Waals surface area contributed by atoms with E-state index in [0.29, 0.717) is 26.5 Å². The number of fused-ring (bicyclic) bond motifs is 1. The Morgan fingerprint density at radius 3 is 2.75 bits per heavy atom. The van der Waals surface area contributed by atoms with Gasteiger partial charge in [0, 0.05) is 6.04 Å². The van der Waals surface area contributed by atoms with Crippen LogP contribution in [0.2, 0.25) is 0 Å². The summed E-state index contributed by atoms with van der Waals surface area (Å²) in [5.74, 6) is -0.473. The van der Waals surface area contributed by atoms with Gasteiger partial charge in [-0.05, 0) is 32.8 Å². The zero-order chi connectivity index (χ0) is 17.9. The number of carbonyl (C=O) groups is 2. The van der Waals surface area contributed by atoms with Gasteiger partial charge in [0.2, 0.25) is 0 Å². The van der Waals surface area contributed by atoms with Gasteiger partial charge < -0.3 is 15.0 Å². The summed E-state index contributed by atoms with van der Waals surface area (Å²) in [6, 6.07) is 0.0398. The van der Waals surface area contributed by atoms with Gasteiger partial charge in [0.05, 0.1) is 5.39 Å². The van der Waals surface area contributed by atoms with Crippen LogP contribution < -0.4 is 10.9 Å². The Morgan fingerprint density at radius 2 is 2.08 bits per heavy atom. The minimum atomic E-state index is -0.620. The van der Waals surface area contributed by atoms with E-state index in [-0.39, 0.29) is 24.1 Å². The lowest BCUT2D eigenvalue weighted by Gasteiger charge is -2.12. The number of carbonyl (C=O) groups excluding carboxylic acids is 2. The molecular formula is C16H21N3O4S. The monoisotopic (exact) mass is 351 g/mol. The minimum Gasteiger partial charge on any atom is -0.451 e. The summed E-state index contributed by atoms with van der Waals surface area (Å²) in [6.45, 7) is 6.94. The van der Waals surface area contributed by atoms with E-state index in [1.165, 1.54) is 0 Å². The van der Waals surface area contributed by atoms with Crippen molar-refractivity contribution in [3.63, 3.8) is 0 Å². The molecule has 8 heteroatoms. The first-order valence-corrected chi connectivity index (χ1v) is 8.61. The van der Waals surface area contributed by atoms with Crippen LogP contribution in [0.25, 0.3) is 10.2 Å². The molecule has 0 aliphatic heterocycles. The van der Waals surface area contributed by atoms with Gasteiger partial charge in [-0.15, -0.1) is 11.3 Å². The SMILES string of the molecule is CCCC(C)NC(=O)COC(=O)c1sc2nc(C)[nH]c(=O)c2c1C. The average molecular weight is 351 g/mol. The first-order valence-electron chi connectivity index (χ1n) is 7.80. The summed E-state index contributed by atoms with van der Waals surface area (Å²) in [5, 5.41) is 3.15. The minimum absolute atomic E-state index is 0.0398. The molecule has 0 aromatic carbocycles. The molecule has 1 unspecified atom stereocenters. The fraction of sp³-hybridized carbons (Fsp3) is 0.500. The molecule has 0 spiro atoms. The maximum absolute atomic E-state index is 12.2. The van der Waals surface area contributed by atoms with Crippen molar-refractivity contribution in [2.24, 2.45) is 0 Å². The number of aromatic amines is 1. The number of nitrogens with zero attached hydrogens (tertiary/aromatic N) is 1. The maximum atomic E-state index is 12.2. The van der Waals surface area contributed by atoms with Crippen molar-refractivity contribution in [3.8, 4) is 0 Å². The standard InChI is InChI=1S/C16H21N3O4S/c1-5-6-8(2)17-11(20)7-23-16(22)13-9(3)12-14(21)18-10(4)19-15(12)24-13/h8H,5-7H2,1-4H3,(H,17,20)(H,18,19,21). The molecule has 0 fully saturated rings. The lowest BCUT2D eigenvalue weighted by molar-refractivity contribution is -0.124. The van der Waals surface area contributed by atoms with Crippen molar-refractivity contribution < 1.29 is 14.3 Å². The summed E-state index contributed by atoms with van der Waals surface area (Å²) in [5.41, 5.74) is 0.241. The summed E-state index contributed by atoms with van der Waals surface area (Å²) < 4.78 is 5.07. The van der Waals surface area contributed by atoms with Gasteiger partial charge in [-0.2, -0.15) is 0 Å². The predicted octanol–water partition coefficient (Wildman–Crippen LogP) is 2.06. The lowest BCUT2D eigenvalue weighted by Crippen LogP contribution is -2.35. The van der Waals surface area contributed by atoms with Crippen molar-refractivity contribution in [1.29, 1.82) is 0 Å². The number of amides is 1. The van der Waals surface area contributed by atoms with Gasteiger partial charge in [-0.1, -0.05) is 13.3 Å². The molecule has 130 valence electrons. The normalized spacial score (nSPS) is 12.2. The van der Waals surface area contributed by atoms with Crippen LogP contribution in [0.4, 0.5) is 0 Å². The Kier molecular flexibility index (Phi) is 5.71. The van der Waals surface area contributed by atoms with Crippen molar-refractivity contribution in [3.05, 3.63) is 26.6 Å². The lowest BCUT2D eigenvalue weighted by atomic mass is 10.2. The second kappa shape index (κ2) is 7.57. The van der Waals surface area contributed by atoms with Gasteiger partial charge in [-0.3, -0.25) is 9.59 Å². The Labute approximate surface area is 143 Å². The second-order valence-electron chi connectivity index (χ2n) is 5.72. The summed E-state index contributed by atoms with van der Waals surface area (Å²) >= 11 is 1.10. The molecule has 2 heterocycles. The van der Waals surface area contributed by atoms with Crippen LogP contribution in [0.1, 0.15) is 47.7 Å². The zero-order valence-corrected chi connectivity index (χ0v) is 15.0. The van der Waals surface area contributed by atoms with Gasteiger partial charge in [0.1, 0.15) is 15.5 Å². The molecule has 0 aliphatic rings. The fourth-order valence-electron chi connectivity index (χ4n) is 2.46. The van der Waals surface area contributed by atoms with Crippen molar-refractivity contribution in [1.82, 2.24) is 15.3 Å². The molecule has 0 aliphatic carbocycles. The number of rotatable bonds is 6. The number of nitrogens with one attached hydrogen (secondary N) is 2. The van der Waals surface area contributed by atoms with E-state index in [1.807, 2.05) is 13.8 Å². The Hall–Kier alpha value is -2.22. The molecule has 0 radical (unpaired) electrons. The first-order chi connectivity index (χ1) is 11.3. The van der Waals surface area contributed by atoms with Gasteiger partial charge in [0.15, 0.2) is 6.61 Å². The highest BCUT2D eigenvalue weighted by Crippen LogP contribution is 2.27. The van der Waals surface area contributed by atoms with E-state index in [4.69, 9.17) is 4.74 Å². The number of aryl methyl sites for hydroxylation is 2. The number of H-pyrrole nitrogens is 1. The van der Waals surface area contributed by atoms with E-state index < -0.39 is 5.97 Å². The summed E-state index contributed by atoms with van der Waals surface area (Å²) in [6.07, 6.45) is 1.83. The molecule has 2 aromatic rings. The zero-order valence-electron chi connectivity index (χ0n) is 14.2. The quantitative estimate of drug-likeness (QED) is 0.776. The van der Waals surface area contributed by atoms with Crippen LogP contribution >= 0.6 is 11.3 Å². The Morgan fingerprint density at radius 1 is 1.38 bits per heavy atom. The Balaban J connectivity index is 2.09. The van der Waals surface area contributed by atoms with Crippen molar-refractivity contribution in [2.45, 2.75) is 46.6 Å². The van der Waals surface area contributed by atoms with Gasteiger partial charge in [0.25, 0.3) is 11.5 Å². The van der Waals surface area contributed by atoms with Gasteiger partial charge >= 0.3 is 5.97 Å². The highest BCUT2D eigenvalue weighted by molar-refractivity contribution is 7.20. The molecule has 2 rings (SSSR count). The van der Waals surface area contributed by atoms with Crippen LogP contribution in [0.15, 0.2) is 4.79 Å². The summed E-state index contributed by atoms with van der Waals surface area (Å²) in [4.78, 5) is 43.6. The van der Waals surface area contributed by atoms with Crippen molar-refractivity contribution >= 4 is 33.4 Å². The third-order valence-electron chi connectivity index (χ3n) is 3.57. The molecule has 0 saturated carbocycles. The molecule has 24 heavy (non-hydrogen) atoms. The smallest absolute Gasteiger partial charge is 0.349 e. The third kappa shape index (κ3) is 4.00. The van der Waals surface area contributed by atoms with E-state index in [0.717, 1.165) is 24.2 Å². The highest BCUT2D eigenvalue weighted by atomic mass is 32.1. The maximum Gasteiger partial charge on any atom is 0.349 e. The molecule has 2 N–H and O–H groups in total. The molecular weight excluding hydrogens is 330 g/mol. The second-order valence-corrected chi connectivity index (χ2v) is 6.72. The number of esters is 1. The van der Waals surface area contributed by atoms with E-state index in [1.54, 1.807) is 13.8 Å². The number of hydrogen-bond donors (Lipinski definition) is 2. The van der Waals surface area contributed by atoms with E-state index in [9.17, 15) is 14.4 Å².